The van der Waals surface area contributed by atoms with E-state index in [0.717, 1.165) is 5.56 Å². The van der Waals surface area contributed by atoms with Gasteiger partial charge in [-0.15, -0.1) is 0 Å². The molecule has 4 nitrogen and oxygen atoms in total. The zero-order chi connectivity index (χ0) is 18.2. The monoisotopic (exact) mass is 358 g/mol. The molecule has 2 aromatic carbocycles. The number of hydrogen-bond acceptors (Lipinski definition) is 4. The number of benzene rings is 2. The van der Waals surface area contributed by atoms with Crippen molar-refractivity contribution in [3.8, 4) is 17.2 Å². The maximum atomic E-state index is 12.4. The van der Waals surface area contributed by atoms with Crippen LogP contribution in [0.4, 0.5) is 0 Å². The Balaban J connectivity index is 2.19. The highest BCUT2D eigenvalue weighted by atomic mass is 35.5. The Kier molecular flexibility index (Phi) is 6.66. The second-order valence-corrected chi connectivity index (χ2v) is 5.43. The van der Waals surface area contributed by atoms with Crippen molar-refractivity contribution >= 4 is 23.5 Å². The quantitative estimate of drug-likeness (QED) is 0.404. The molecule has 0 unspecified atom stereocenters. The lowest BCUT2D eigenvalue weighted by atomic mass is 10.1. The first-order valence-electron chi connectivity index (χ1n) is 7.54. The van der Waals surface area contributed by atoms with E-state index in [4.69, 9.17) is 25.8 Å². The second-order valence-electron chi connectivity index (χ2n) is 5.02. The molecule has 0 saturated heterocycles. The van der Waals surface area contributed by atoms with Gasteiger partial charge in [0.1, 0.15) is 0 Å². The first kappa shape index (κ1) is 18.6. The van der Waals surface area contributed by atoms with Crippen molar-refractivity contribution < 1.29 is 19.0 Å². The van der Waals surface area contributed by atoms with Crippen LogP contribution >= 0.6 is 11.6 Å². The standard InChI is InChI=1S/C20H19ClO4/c1-23-18-12-15(13-19(24-2)20(18)25-3)17(22)11-7-5-9-14-8-4-6-10-16(14)21/h4-13H,1-3H3. The van der Waals surface area contributed by atoms with Gasteiger partial charge < -0.3 is 14.2 Å². The van der Waals surface area contributed by atoms with E-state index in [9.17, 15) is 4.79 Å². The van der Waals surface area contributed by atoms with E-state index in [1.54, 1.807) is 24.3 Å². The topological polar surface area (TPSA) is 44.8 Å². The zero-order valence-corrected chi connectivity index (χ0v) is 15.0. The first-order valence-corrected chi connectivity index (χ1v) is 7.92. The van der Waals surface area contributed by atoms with Gasteiger partial charge in [-0.05, 0) is 29.8 Å². The smallest absolute Gasteiger partial charge is 0.203 e. The van der Waals surface area contributed by atoms with Gasteiger partial charge >= 0.3 is 0 Å². The number of ketones is 1. The van der Waals surface area contributed by atoms with E-state index in [1.807, 2.05) is 30.3 Å². The molecule has 0 aromatic heterocycles. The van der Waals surface area contributed by atoms with Crippen molar-refractivity contribution in [2.75, 3.05) is 21.3 Å². The molecule has 0 spiro atoms. The summed E-state index contributed by atoms with van der Waals surface area (Å²) in [4.78, 5) is 12.4. The highest BCUT2D eigenvalue weighted by Gasteiger charge is 2.15. The highest BCUT2D eigenvalue weighted by Crippen LogP contribution is 2.38. The van der Waals surface area contributed by atoms with Gasteiger partial charge in [0, 0.05) is 10.6 Å². The van der Waals surface area contributed by atoms with Crippen molar-refractivity contribution in [3.05, 3.63) is 70.8 Å². The third kappa shape index (κ3) is 4.64. The molecule has 0 atom stereocenters. The fourth-order valence-electron chi connectivity index (χ4n) is 2.23. The van der Waals surface area contributed by atoms with Crippen LogP contribution in [0.5, 0.6) is 17.2 Å². The number of hydrogen-bond donors (Lipinski definition) is 0. The molecule has 2 aromatic rings. The second kappa shape index (κ2) is 8.94. The molecule has 0 heterocycles. The summed E-state index contributed by atoms with van der Waals surface area (Å²) in [5.41, 5.74) is 1.32. The van der Waals surface area contributed by atoms with Gasteiger partial charge in [0.05, 0.1) is 21.3 Å². The lowest BCUT2D eigenvalue weighted by molar-refractivity contribution is 0.104. The third-order valence-electron chi connectivity index (χ3n) is 3.49. The molecule has 0 bridgehead atoms. The maximum Gasteiger partial charge on any atom is 0.203 e. The summed E-state index contributed by atoms with van der Waals surface area (Å²) < 4.78 is 15.8. The fraction of sp³-hybridized carbons (Fsp3) is 0.150. The number of rotatable bonds is 7. The van der Waals surface area contributed by atoms with Gasteiger partial charge in [-0.1, -0.05) is 48.0 Å². The number of ether oxygens (including phenoxy) is 3. The minimum Gasteiger partial charge on any atom is -0.493 e. The van der Waals surface area contributed by atoms with Crippen LogP contribution in [0.3, 0.4) is 0 Å². The van der Waals surface area contributed by atoms with E-state index in [1.165, 1.54) is 27.4 Å². The van der Waals surface area contributed by atoms with Gasteiger partial charge in [0.2, 0.25) is 5.75 Å². The Morgan fingerprint density at radius 2 is 1.60 bits per heavy atom. The largest absolute Gasteiger partial charge is 0.493 e. The maximum absolute atomic E-state index is 12.4. The SMILES string of the molecule is COc1cc(C(=O)C=CC=Cc2ccccc2Cl)cc(OC)c1OC. The average molecular weight is 359 g/mol. The van der Waals surface area contributed by atoms with E-state index in [-0.39, 0.29) is 5.78 Å². The highest BCUT2D eigenvalue weighted by molar-refractivity contribution is 6.32. The predicted octanol–water partition coefficient (Wildman–Crippen LogP) is 4.82. The molecule has 0 aliphatic heterocycles. The van der Waals surface area contributed by atoms with Crippen molar-refractivity contribution in [3.63, 3.8) is 0 Å². The molecule has 0 radical (unpaired) electrons. The molecular formula is C20H19ClO4. The van der Waals surface area contributed by atoms with Crippen molar-refractivity contribution in [1.82, 2.24) is 0 Å². The summed E-state index contributed by atoms with van der Waals surface area (Å²) in [5, 5.41) is 0.656. The minimum atomic E-state index is -0.178. The Bertz CT molecular complexity index is 784. The van der Waals surface area contributed by atoms with Crippen LogP contribution in [0.15, 0.2) is 54.6 Å². The first-order chi connectivity index (χ1) is 12.1. The number of allylic oxidation sites excluding steroid dienone is 3. The summed E-state index contributed by atoms with van der Waals surface area (Å²) in [6.45, 7) is 0. The van der Waals surface area contributed by atoms with E-state index >= 15 is 0 Å². The van der Waals surface area contributed by atoms with Crippen LogP contribution in [0.1, 0.15) is 15.9 Å². The van der Waals surface area contributed by atoms with Crippen LogP contribution in [0.2, 0.25) is 5.02 Å². The Labute approximate surface area is 152 Å². The molecule has 0 aliphatic rings. The Morgan fingerprint density at radius 3 is 2.16 bits per heavy atom. The predicted molar refractivity (Wildman–Crippen MR) is 100 cm³/mol. The van der Waals surface area contributed by atoms with Gasteiger partial charge in [-0.25, -0.2) is 0 Å². The average Bonchev–Trinajstić information content (AvgIpc) is 2.64. The molecule has 130 valence electrons. The Morgan fingerprint density at radius 1 is 0.960 bits per heavy atom. The van der Waals surface area contributed by atoms with Crippen LogP contribution < -0.4 is 14.2 Å². The van der Waals surface area contributed by atoms with Crippen molar-refractivity contribution in [2.45, 2.75) is 0 Å². The van der Waals surface area contributed by atoms with Gasteiger partial charge in [0.25, 0.3) is 0 Å². The zero-order valence-electron chi connectivity index (χ0n) is 14.3. The van der Waals surface area contributed by atoms with Gasteiger partial charge in [-0.2, -0.15) is 0 Å². The summed E-state index contributed by atoms with van der Waals surface area (Å²) in [5.74, 6) is 1.14. The molecule has 2 rings (SSSR count). The van der Waals surface area contributed by atoms with E-state index in [2.05, 4.69) is 0 Å². The van der Waals surface area contributed by atoms with Crippen LogP contribution in [0.25, 0.3) is 6.08 Å². The minimum absolute atomic E-state index is 0.178. The summed E-state index contributed by atoms with van der Waals surface area (Å²) in [7, 11) is 4.53. The van der Waals surface area contributed by atoms with Crippen molar-refractivity contribution in [1.29, 1.82) is 0 Å². The fourth-order valence-corrected chi connectivity index (χ4v) is 2.43. The number of carbonyl (C=O) groups is 1. The molecule has 0 fully saturated rings. The normalized spacial score (nSPS) is 11.0. The number of halogens is 1. The third-order valence-corrected chi connectivity index (χ3v) is 3.83. The summed E-state index contributed by atoms with van der Waals surface area (Å²) in [6, 6.07) is 10.7. The lowest BCUT2D eigenvalue weighted by Gasteiger charge is -2.13. The molecule has 0 amide bonds. The summed E-state index contributed by atoms with van der Waals surface area (Å²) >= 11 is 6.08. The Hall–Kier alpha value is -2.72. The molecular weight excluding hydrogens is 340 g/mol. The van der Waals surface area contributed by atoms with E-state index < -0.39 is 0 Å². The number of carbonyl (C=O) groups excluding carboxylic acids is 1. The molecule has 5 heteroatoms. The van der Waals surface area contributed by atoms with E-state index in [0.29, 0.717) is 27.8 Å². The molecule has 0 aliphatic carbocycles. The molecule has 0 saturated carbocycles. The van der Waals surface area contributed by atoms with Crippen molar-refractivity contribution in [2.24, 2.45) is 0 Å². The van der Waals surface area contributed by atoms with Gasteiger partial charge in [-0.3, -0.25) is 4.79 Å². The summed E-state index contributed by atoms with van der Waals surface area (Å²) in [6.07, 6.45) is 6.72. The van der Waals surface area contributed by atoms with Crippen LogP contribution in [-0.2, 0) is 0 Å². The molecule has 0 N–H and O–H groups in total. The van der Waals surface area contributed by atoms with Gasteiger partial charge in [0.15, 0.2) is 17.3 Å². The van der Waals surface area contributed by atoms with Crippen LogP contribution in [-0.4, -0.2) is 27.1 Å². The van der Waals surface area contributed by atoms with Crippen LogP contribution in [0, 0.1) is 0 Å². The number of methoxy groups -OCH3 is 3. The molecule has 25 heavy (non-hydrogen) atoms. The lowest BCUT2D eigenvalue weighted by Crippen LogP contribution is -2.00.